The summed E-state index contributed by atoms with van der Waals surface area (Å²) >= 11 is 6.77. The minimum Gasteiger partial charge on any atom is -0.496 e. The lowest BCUT2D eigenvalue weighted by atomic mass is 10.1. The number of aromatic amines is 2. The van der Waals surface area contributed by atoms with Gasteiger partial charge in [-0.1, -0.05) is 31.9 Å². The highest BCUT2D eigenvalue weighted by Gasteiger charge is 2.19. The van der Waals surface area contributed by atoms with E-state index in [-0.39, 0.29) is 11.1 Å². The van der Waals surface area contributed by atoms with Crippen molar-refractivity contribution in [2.45, 2.75) is 6.54 Å². The molecule has 0 aliphatic carbocycles. The molecule has 4 aromatic rings. The molecule has 0 atom stereocenters. The Labute approximate surface area is 289 Å². The molecule has 0 radical (unpaired) electrons. The number of methoxy groups -OCH3 is 2. The van der Waals surface area contributed by atoms with Crippen LogP contribution < -0.4 is 35.7 Å². The van der Waals surface area contributed by atoms with E-state index in [4.69, 9.17) is 9.47 Å². The second-order valence-electron chi connectivity index (χ2n) is 10.5. The van der Waals surface area contributed by atoms with Crippen LogP contribution in [0, 0.1) is 0 Å². The lowest BCUT2D eigenvalue weighted by Crippen LogP contribution is -2.46. The maximum atomic E-state index is 11.4. The van der Waals surface area contributed by atoms with Gasteiger partial charge in [0.05, 0.1) is 32.4 Å². The molecule has 2 aromatic heterocycles. The fourth-order valence-electron chi connectivity index (χ4n) is 5.00. The van der Waals surface area contributed by atoms with Crippen LogP contribution in [0.2, 0.25) is 0 Å². The van der Waals surface area contributed by atoms with E-state index in [9.17, 15) is 14.4 Å². The van der Waals surface area contributed by atoms with E-state index < -0.39 is 0 Å². The molecular formula is C32H38Br2N8O5. The van der Waals surface area contributed by atoms with Crippen LogP contribution in [0.1, 0.15) is 15.9 Å². The highest BCUT2D eigenvalue weighted by Crippen LogP contribution is 2.25. The van der Waals surface area contributed by atoms with E-state index in [1.807, 2.05) is 18.2 Å². The summed E-state index contributed by atoms with van der Waals surface area (Å²) in [5.74, 6) is 3.02. The summed E-state index contributed by atoms with van der Waals surface area (Å²) in [5, 5.41) is 3.24. The average Bonchev–Trinajstić information content (AvgIpc) is 3.10. The Morgan fingerprint density at radius 3 is 1.81 bits per heavy atom. The zero-order chi connectivity index (χ0) is 33.6. The summed E-state index contributed by atoms with van der Waals surface area (Å²) in [6.45, 7) is 8.13. The lowest BCUT2D eigenvalue weighted by molar-refractivity contribution is 0.112. The number of H-pyrrole nitrogens is 2. The number of hydrogen-bond donors (Lipinski definition) is 3. The van der Waals surface area contributed by atoms with E-state index in [0.29, 0.717) is 11.3 Å². The molecule has 0 amide bonds. The van der Waals surface area contributed by atoms with Crippen LogP contribution >= 0.6 is 31.9 Å². The molecule has 15 heteroatoms. The van der Waals surface area contributed by atoms with Crippen molar-refractivity contribution in [3.63, 3.8) is 0 Å². The molecule has 13 nitrogen and oxygen atoms in total. The zero-order valence-electron chi connectivity index (χ0n) is 26.2. The predicted molar refractivity (Wildman–Crippen MR) is 189 cm³/mol. The standard InChI is InChI=1S/C16H19BrN4O2.C8H7BrO2.C8H12N4O/c1-23-14-3-2-13(17)8-12(14)10-20-4-6-21(7-5-20)15-9-16(22)19-11-18-15;1-11-8-3-2-7(9)4-6(8)5-10;13-8-5-7(10-6-11-8)12-3-1-9-2-4-12/h2-3,8-9,11H,4-7,10H2,1H3,(H,18,19,22);2-5H,1H3;5-6,9H,1-4H2,(H,10,11,13). The molecule has 2 aliphatic rings. The zero-order valence-corrected chi connectivity index (χ0v) is 29.4. The van der Waals surface area contributed by atoms with Crippen molar-refractivity contribution < 1.29 is 14.3 Å². The SMILES string of the molecule is COc1ccc(Br)cc1C=O.COc1ccc(Br)cc1CN1CCN(c2cc(=O)[nH]cn2)CC1.O=c1cc(N2CCNCC2)nc[nH]1. The van der Waals surface area contributed by atoms with Crippen LogP contribution in [0.4, 0.5) is 11.6 Å². The lowest BCUT2D eigenvalue weighted by Gasteiger charge is -2.35. The van der Waals surface area contributed by atoms with Crippen molar-refractivity contribution in [2.75, 3.05) is 76.4 Å². The minimum atomic E-state index is -0.115. The van der Waals surface area contributed by atoms with E-state index in [1.165, 1.54) is 31.4 Å². The number of benzene rings is 2. The van der Waals surface area contributed by atoms with E-state index >= 15 is 0 Å². The van der Waals surface area contributed by atoms with Crippen LogP contribution in [0.15, 0.2) is 79.7 Å². The fourth-order valence-corrected chi connectivity index (χ4v) is 5.79. The molecule has 2 saturated heterocycles. The van der Waals surface area contributed by atoms with Crippen LogP contribution in [0.3, 0.4) is 0 Å². The van der Waals surface area contributed by atoms with Gasteiger partial charge in [0.15, 0.2) is 6.29 Å². The van der Waals surface area contributed by atoms with Crippen molar-refractivity contribution in [1.29, 1.82) is 0 Å². The van der Waals surface area contributed by atoms with Crippen LogP contribution in [-0.4, -0.2) is 97.7 Å². The molecule has 0 saturated carbocycles. The first-order chi connectivity index (χ1) is 22.8. The van der Waals surface area contributed by atoms with Crippen molar-refractivity contribution >= 4 is 49.8 Å². The molecule has 3 N–H and O–H groups in total. The normalized spacial score (nSPS) is 14.6. The third-order valence-electron chi connectivity index (χ3n) is 7.42. The van der Waals surface area contributed by atoms with Crippen molar-refractivity contribution in [1.82, 2.24) is 30.2 Å². The summed E-state index contributed by atoms with van der Waals surface area (Å²) in [5.41, 5.74) is 1.52. The van der Waals surface area contributed by atoms with E-state index in [1.54, 1.807) is 25.3 Å². The number of halogens is 2. The largest absolute Gasteiger partial charge is 0.496 e. The van der Waals surface area contributed by atoms with Crippen LogP contribution in [-0.2, 0) is 6.54 Å². The Hall–Kier alpha value is -4.05. The van der Waals surface area contributed by atoms with Gasteiger partial charge in [0.25, 0.3) is 11.1 Å². The molecule has 2 aliphatic heterocycles. The van der Waals surface area contributed by atoms with Gasteiger partial charge in [-0.3, -0.25) is 19.3 Å². The van der Waals surface area contributed by atoms with Crippen molar-refractivity contribution in [3.05, 3.63) is 102 Å². The van der Waals surface area contributed by atoms with E-state index in [2.05, 4.69) is 77.9 Å². The first-order valence-electron chi connectivity index (χ1n) is 14.9. The Bertz CT molecular complexity index is 1710. The first kappa shape index (κ1) is 35.8. The van der Waals surface area contributed by atoms with Gasteiger partial charge in [0.1, 0.15) is 23.1 Å². The molecular weight excluding hydrogens is 736 g/mol. The molecule has 0 bridgehead atoms. The quantitative estimate of drug-likeness (QED) is 0.238. The number of ether oxygens (including phenoxy) is 2. The topological polar surface area (TPSA) is 149 Å². The number of aromatic nitrogens is 4. The highest BCUT2D eigenvalue weighted by molar-refractivity contribution is 9.10. The smallest absolute Gasteiger partial charge is 0.252 e. The Kier molecular flexibility index (Phi) is 14.0. The van der Waals surface area contributed by atoms with Gasteiger partial charge in [0, 0.05) is 85.5 Å². The molecule has 47 heavy (non-hydrogen) atoms. The molecule has 6 rings (SSSR count). The summed E-state index contributed by atoms with van der Waals surface area (Å²) in [6, 6.07) is 14.4. The number of nitrogens with zero attached hydrogens (tertiary/aromatic N) is 5. The molecule has 0 unspecified atom stereocenters. The Morgan fingerprint density at radius 2 is 1.28 bits per heavy atom. The summed E-state index contributed by atoms with van der Waals surface area (Å²) < 4.78 is 12.3. The van der Waals surface area contributed by atoms with Crippen molar-refractivity contribution in [3.8, 4) is 11.5 Å². The van der Waals surface area contributed by atoms with Gasteiger partial charge < -0.3 is 34.6 Å². The van der Waals surface area contributed by atoms with Crippen molar-refractivity contribution in [2.24, 2.45) is 0 Å². The summed E-state index contributed by atoms with van der Waals surface area (Å²) in [7, 11) is 3.24. The number of piperazine rings is 2. The van der Waals surface area contributed by atoms with Crippen LogP contribution in [0.25, 0.3) is 0 Å². The third kappa shape index (κ3) is 11.0. The molecule has 2 aromatic carbocycles. The van der Waals surface area contributed by atoms with Gasteiger partial charge in [-0.2, -0.15) is 0 Å². The number of aldehydes is 1. The van der Waals surface area contributed by atoms with E-state index in [0.717, 1.165) is 91.5 Å². The summed E-state index contributed by atoms with van der Waals surface area (Å²) in [4.78, 5) is 52.8. The summed E-state index contributed by atoms with van der Waals surface area (Å²) in [6.07, 6.45) is 3.67. The maximum Gasteiger partial charge on any atom is 0.252 e. The van der Waals surface area contributed by atoms with Gasteiger partial charge in [-0.15, -0.1) is 0 Å². The second kappa shape index (κ2) is 18.3. The average molecular weight is 775 g/mol. The second-order valence-corrected chi connectivity index (χ2v) is 12.3. The molecule has 2 fully saturated rings. The van der Waals surface area contributed by atoms with Crippen LogP contribution in [0.5, 0.6) is 11.5 Å². The van der Waals surface area contributed by atoms with Gasteiger partial charge >= 0.3 is 0 Å². The fraction of sp³-hybridized carbons (Fsp3) is 0.344. The Balaban J connectivity index is 0.000000176. The number of carbonyl (C=O) groups is 1. The maximum absolute atomic E-state index is 11.4. The first-order valence-corrected chi connectivity index (χ1v) is 16.5. The third-order valence-corrected chi connectivity index (χ3v) is 8.41. The van der Waals surface area contributed by atoms with Gasteiger partial charge in [-0.25, -0.2) is 9.97 Å². The predicted octanol–water partition coefficient (Wildman–Crippen LogP) is 3.31. The molecule has 250 valence electrons. The van der Waals surface area contributed by atoms with Gasteiger partial charge in [0.2, 0.25) is 0 Å². The number of nitrogens with one attached hydrogen (secondary N) is 3. The number of hydrogen-bond acceptors (Lipinski definition) is 11. The number of anilines is 2. The van der Waals surface area contributed by atoms with Gasteiger partial charge in [-0.05, 0) is 36.4 Å². The number of carbonyl (C=O) groups excluding carboxylic acids is 1. The number of rotatable bonds is 7. The Morgan fingerprint density at radius 1 is 0.745 bits per heavy atom. The monoisotopic (exact) mass is 772 g/mol. The highest BCUT2D eigenvalue weighted by atomic mass is 79.9. The minimum absolute atomic E-state index is 0.0940. The molecule has 0 spiro atoms. The molecule has 4 heterocycles.